The van der Waals surface area contributed by atoms with E-state index in [2.05, 4.69) is 15.0 Å². The topological polar surface area (TPSA) is 62.1 Å². The van der Waals surface area contributed by atoms with Gasteiger partial charge in [-0.25, -0.2) is 4.98 Å². The molecule has 0 saturated carbocycles. The summed E-state index contributed by atoms with van der Waals surface area (Å²) >= 11 is 0. The summed E-state index contributed by atoms with van der Waals surface area (Å²) in [5.41, 5.74) is 1.81. The third-order valence-corrected chi connectivity index (χ3v) is 2.75. The van der Waals surface area contributed by atoms with Gasteiger partial charge in [-0.2, -0.15) is 9.97 Å². The normalized spacial score (nSPS) is 10.6. The summed E-state index contributed by atoms with van der Waals surface area (Å²) in [5.74, 6) is 1.35. The quantitative estimate of drug-likeness (QED) is 0.715. The van der Waals surface area contributed by atoms with Crippen molar-refractivity contribution in [2.75, 3.05) is 14.2 Å². The Bertz CT molecular complexity index is 701. The lowest BCUT2D eigenvalue weighted by Crippen LogP contribution is -2.03. The summed E-state index contributed by atoms with van der Waals surface area (Å²) < 4.78 is 12.1. The van der Waals surface area contributed by atoms with Crippen LogP contribution in [-0.2, 0) is 0 Å². The monoisotopic (exact) mass is 256 g/mol. The molecule has 0 aliphatic heterocycles. The predicted octanol–water partition coefficient (Wildman–Crippen LogP) is 1.83. The molecule has 19 heavy (non-hydrogen) atoms. The van der Waals surface area contributed by atoms with Gasteiger partial charge < -0.3 is 9.47 Å². The molecule has 3 aromatic rings. The highest BCUT2D eigenvalue weighted by Gasteiger charge is 2.10. The van der Waals surface area contributed by atoms with E-state index in [-0.39, 0.29) is 0 Å². The molecule has 0 unspecified atom stereocenters. The molecule has 0 N–H and O–H groups in total. The first-order valence-electron chi connectivity index (χ1n) is 5.71. The zero-order valence-electron chi connectivity index (χ0n) is 10.6. The molecule has 2 heterocycles. The molecule has 0 saturated heterocycles. The van der Waals surface area contributed by atoms with Gasteiger partial charge in [-0.15, -0.1) is 0 Å². The van der Waals surface area contributed by atoms with E-state index < -0.39 is 0 Å². The number of para-hydroxylation sites is 2. The second-order valence-electron chi connectivity index (χ2n) is 3.86. The summed E-state index contributed by atoms with van der Waals surface area (Å²) in [5, 5.41) is 0. The Kier molecular flexibility index (Phi) is 2.75. The van der Waals surface area contributed by atoms with Gasteiger partial charge in [0.2, 0.25) is 17.7 Å². The Morgan fingerprint density at radius 2 is 1.68 bits per heavy atom. The van der Waals surface area contributed by atoms with Gasteiger partial charge in [0.1, 0.15) is 6.33 Å². The van der Waals surface area contributed by atoms with E-state index >= 15 is 0 Å². The number of methoxy groups -OCH3 is 2. The molecule has 0 radical (unpaired) electrons. The van der Waals surface area contributed by atoms with Gasteiger partial charge in [-0.1, -0.05) is 12.1 Å². The van der Waals surface area contributed by atoms with Gasteiger partial charge in [-0.05, 0) is 12.1 Å². The average molecular weight is 256 g/mol. The van der Waals surface area contributed by atoms with Crippen molar-refractivity contribution >= 4 is 11.0 Å². The molecule has 0 amide bonds. The molecular formula is C13H12N4O2. The molecule has 0 aliphatic carbocycles. The fourth-order valence-electron chi connectivity index (χ4n) is 1.83. The number of nitrogens with zero attached hydrogens (tertiary/aromatic N) is 4. The number of hydrogen-bond acceptors (Lipinski definition) is 5. The average Bonchev–Trinajstić information content (AvgIpc) is 2.90. The third kappa shape index (κ3) is 1.97. The molecule has 0 atom stereocenters. The largest absolute Gasteiger partial charge is 0.481 e. The van der Waals surface area contributed by atoms with Gasteiger partial charge in [0.15, 0.2) is 0 Å². The maximum Gasteiger partial charge on any atom is 0.242 e. The van der Waals surface area contributed by atoms with Crippen LogP contribution < -0.4 is 9.47 Å². The minimum Gasteiger partial charge on any atom is -0.481 e. The van der Waals surface area contributed by atoms with Crippen molar-refractivity contribution in [1.82, 2.24) is 19.5 Å². The van der Waals surface area contributed by atoms with Crippen molar-refractivity contribution in [2.45, 2.75) is 0 Å². The first kappa shape index (κ1) is 11.5. The van der Waals surface area contributed by atoms with Crippen molar-refractivity contribution in [3.8, 4) is 17.7 Å². The van der Waals surface area contributed by atoms with Crippen LogP contribution in [0.25, 0.3) is 17.0 Å². The molecule has 2 aromatic heterocycles. The van der Waals surface area contributed by atoms with Crippen molar-refractivity contribution in [3.05, 3.63) is 36.7 Å². The fourth-order valence-corrected chi connectivity index (χ4v) is 1.83. The molecule has 3 rings (SSSR count). The van der Waals surface area contributed by atoms with Crippen LogP contribution in [-0.4, -0.2) is 33.7 Å². The molecule has 0 spiro atoms. The molecule has 6 heteroatoms. The Labute approximate surface area is 109 Å². The zero-order valence-corrected chi connectivity index (χ0v) is 10.6. The molecule has 6 nitrogen and oxygen atoms in total. The van der Waals surface area contributed by atoms with Crippen LogP contribution in [0.4, 0.5) is 0 Å². The Hall–Kier alpha value is -2.63. The maximum absolute atomic E-state index is 5.14. The highest BCUT2D eigenvalue weighted by atomic mass is 16.5. The second kappa shape index (κ2) is 4.56. The van der Waals surface area contributed by atoms with E-state index in [1.165, 1.54) is 0 Å². The Morgan fingerprint density at radius 1 is 1.00 bits per heavy atom. The van der Waals surface area contributed by atoms with Crippen molar-refractivity contribution in [3.63, 3.8) is 0 Å². The van der Waals surface area contributed by atoms with E-state index in [1.807, 2.05) is 24.3 Å². The first-order valence-corrected chi connectivity index (χ1v) is 5.71. The molecule has 0 fully saturated rings. The lowest BCUT2D eigenvalue weighted by Gasteiger charge is -2.07. The summed E-state index contributed by atoms with van der Waals surface area (Å²) in [4.78, 5) is 12.9. The van der Waals surface area contributed by atoms with Gasteiger partial charge in [0.25, 0.3) is 0 Å². The summed E-state index contributed by atoms with van der Waals surface area (Å²) in [6.45, 7) is 0. The van der Waals surface area contributed by atoms with Crippen LogP contribution in [0.2, 0.25) is 0 Å². The number of ether oxygens (including phenoxy) is 2. The van der Waals surface area contributed by atoms with E-state index in [1.54, 1.807) is 31.2 Å². The predicted molar refractivity (Wildman–Crippen MR) is 69.8 cm³/mol. The van der Waals surface area contributed by atoms with Gasteiger partial charge in [-0.3, -0.25) is 4.57 Å². The SMILES string of the molecule is COc1cc(OC)nc(-n2cnc3ccccc32)n1. The first-order chi connectivity index (χ1) is 9.31. The van der Waals surface area contributed by atoms with E-state index in [0.717, 1.165) is 11.0 Å². The summed E-state index contributed by atoms with van der Waals surface area (Å²) in [6, 6.07) is 9.40. The van der Waals surface area contributed by atoms with E-state index in [4.69, 9.17) is 9.47 Å². The number of benzene rings is 1. The standard InChI is InChI=1S/C13H12N4O2/c1-18-11-7-12(19-2)16-13(15-11)17-8-14-9-5-3-4-6-10(9)17/h3-8H,1-2H3. The minimum atomic E-state index is 0.444. The lowest BCUT2D eigenvalue weighted by molar-refractivity contribution is 0.370. The van der Waals surface area contributed by atoms with Crippen LogP contribution in [0.5, 0.6) is 11.8 Å². The Balaban J connectivity index is 2.20. The summed E-state index contributed by atoms with van der Waals surface area (Å²) in [7, 11) is 3.11. The Morgan fingerprint density at radius 3 is 2.37 bits per heavy atom. The zero-order chi connectivity index (χ0) is 13.2. The van der Waals surface area contributed by atoms with Gasteiger partial charge >= 0.3 is 0 Å². The molecule has 1 aromatic carbocycles. The number of rotatable bonds is 3. The third-order valence-electron chi connectivity index (χ3n) is 2.75. The van der Waals surface area contributed by atoms with Crippen LogP contribution in [0.15, 0.2) is 36.7 Å². The minimum absolute atomic E-state index is 0.444. The van der Waals surface area contributed by atoms with Crippen LogP contribution in [0, 0.1) is 0 Å². The molecule has 0 bridgehead atoms. The van der Waals surface area contributed by atoms with Crippen molar-refractivity contribution < 1.29 is 9.47 Å². The van der Waals surface area contributed by atoms with Crippen molar-refractivity contribution in [1.29, 1.82) is 0 Å². The number of aromatic nitrogens is 4. The van der Waals surface area contributed by atoms with Gasteiger partial charge in [0.05, 0.1) is 31.3 Å². The highest BCUT2D eigenvalue weighted by molar-refractivity contribution is 5.76. The second-order valence-corrected chi connectivity index (χ2v) is 3.86. The summed E-state index contributed by atoms with van der Waals surface area (Å²) in [6.07, 6.45) is 1.68. The lowest BCUT2D eigenvalue weighted by atomic mass is 10.3. The van der Waals surface area contributed by atoms with Crippen molar-refractivity contribution in [2.24, 2.45) is 0 Å². The van der Waals surface area contributed by atoms with Crippen LogP contribution >= 0.6 is 0 Å². The molecule has 96 valence electrons. The fraction of sp³-hybridized carbons (Fsp3) is 0.154. The smallest absolute Gasteiger partial charge is 0.242 e. The van der Waals surface area contributed by atoms with Gasteiger partial charge in [0, 0.05) is 0 Å². The number of fused-ring (bicyclic) bond motifs is 1. The van der Waals surface area contributed by atoms with Crippen LogP contribution in [0.3, 0.4) is 0 Å². The van der Waals surface area contributed by atoms with E-state index in [9.17, 15) is 0 Å². The molecule has 0 aliphatic rings. The molecular weight excluding hydrogens is 244 g/mol. The number of hydrogen-bond donors (Lipinski definition) is 0. The highest BCUT2D eigenvalue weighted by Crippen LogP contribution is 2.20. The van der Waals surface area contributed by atoms with E-state index in [0.29, 0.717) is 17.7 Å². The maximum atomic E-state index is 5.14. The van der Waals surface area contributed by atoms with Crippen LogP contribution in [0.1, 0.15) is 0 Å². The number of imidazole rings is 1.